The zero-order valence-corrected chi connectivity index (χ0v) is 20.3. The number of aliphatic hydroxyl groups is 1. The van der Waals surface area contributed by atoms with E-state index in [2.05, 4.69) is 56.6 Å². The number of benzene rings is 2. The van der Waals surface area contributed by atoms with Gasteiger partial charge in [0, 0.05) is 38.4 Å². The van der Waals surface area contributed by atoms with E-state index >= 15 is 0 Å². The van der Waals surface area contributed by atoms with Gasteiger partial charge in [0.15, 0.2) is 0 Å². The number of ether oxygens (including phenoxy) is 1. The topological polar surface area (TPSA) is 35.9 Å². The van der Waals surface area contributed by atoms with Gasteiger partial charge in [0.2, 0.25) is 0 Å². The van der Waals surface area contributed by atoms with Crippen LogP contribution >= 0.6 is 0 Å². The van der Waals surface area contributed by atoms with Crippen LogP contribution in [-0.4, -0.2) is 55.4 Å². The minimum Gasteiger partial charge on any atom is -0.491 e. The fourth-order valence-corrected chi connectivity index (χ4v) is 4.81. The maximum absolute atomic E-state index is 13.1. The number of nitrogens with zero attached hydrogens (tertiary/aromatic N) is 2. The van der Waals surface area contributed by atoms with Crippen LogP contribution in [0.4, 0.5) is 10.1 Å². The Hall–Kier alpha value is -2.11. The Morgan fingerprint density at radius 3 is 2.06 bits per heavy atom. The Balaban J connectivity index is 1.42. The summed E-state index contributed by atoms with van der Waals surface area (Å²) in [5.41, 5.74) is 2.73. The molecule has 0 bridgehead atoms. The fourth-order valence-electron chi connectivity index (χ4n) is 4.81. The first-order chi connectivity index (χ1) is 15.0. The van der Waals surface area contributed by atoms with Crippen molar-refractivity contribution in [3.8, 4) is 5.75 Å². The van der Waals surface area contributed by atoms with Crippen molar-refractivity contribution in [3.05, 3.63) is 59.9 Å². The van der Waals surface area contributed by atoms with Crippen LogP contribution in [0, 0.1) is 11.2 Å². The molecule has 5 heteroatoms. The van der Waals surface area contributed by atoms with Crippen LogP contribution in [0.1, 0.15) is 46.6 Å². The first-order valence-corrected chi connectivity index (χ1v) is 11.7. The van der Waals surface area contributed by atoms with Crippen molar-refractivity contribution in [1.82, 2.24) is 4.90 Å². The number of anilines is 1. The molecule has 0 aromatic heterocycles. The van der Waals surface area contributed by atoms with Crippen molar-refractivity contribution in [2.24, 2.45) is 5.41 Å². The SMILES string of the molecule is CC(C)(C)CC(C)(C)c1ccc(OCC(O)CN2CCN(c3ccc(F)cc3)CC2)cc1. The maximum atomic E-state index is 13.1. The first-order valence-electron chi connectivity index (χ1n) is 11.7. The van der Waals surface area contributed by atoms with E-state index in [9.17, 15) is 9.50 Å². The molecule has 2 aromatic rings. The predicted molar refractivity (Wildman–Crippen MR) is 130 cm³/mol. The normalized spacial score (nSPS) is 16.8. The van der Waals surface area contributed by atoms with Gasteiger partial charge in [-0.25, -0.2) is 4.39 Å². The second-order valence-corrected chi connectivity index (χ2v) is 10.9. The molecular weight excluding hydrogens is 403 g/mol. The van der Waals surface area contributed by atoms with E-state index in [4.69, 9.17) is 4.74 Å². The first kappa shape index (κ1) is 24.5. The summed E-state index contributed by atoms with van der Waals surface area (Å²) in [5.74, 6) is 0.583. The molecule has 176 valence electrons. The molecule has 0 radical (unpaired) electrons. The van der Waals surface area contributed by atoms with Gasteiger partial charge in [-0.05, 0) is 59.2 Å². The minimum absolute atomic E-state index is 0.104. The van der Waals surface area contributed by atoms with E-state index in [1.165, 1.54) is 17.7 Å². The molecule has 0 amide bonds. The standard InChI is InChI=1S/C27H39FN2O2/c1-26(2,3)20-27(4,5)21-6-12-25(13-7-21)32-19-24(31)18-29-14-16-30(17-15-29)23-10-8-22(28)9-11-23/h6-13,24,31H,14-20H2,1-5H3. The van der Waals surface area contributed by atoms with Gasteiger partial charge in [-0.3, -0.25) is 4.90 Å². The van der Waals surface area contributed by atoms with Crippen LogP contribution in [0.15, 0.2) is 48.5 Å². The molecule has 0 aliphatic carbocycles. The van der Waals surface area contributed by atoms with Crippen LogP contribution in [0.5, 0.6) is 5.75 Å². The van der Waals surface area contributed by atoms with E-state index in [0.717, 1.165) is 44.0 Å². The number of halogens is 1. The van der Waals surface area contributed by atoms with E-state index < -0.39 is 6.10 Å². The number of aliphatic hydroxyl groups excluding tert-OH is 1. The van der Waals surface area contributed by atoms with Crippen molar-refractivity contribution in [1.29, 1.82) is 0 Å². The highest BCUT2D eigenvalue weighted by Gasteiger charge is 2.27. The lowest BCUT2D eigenvalue weighted by Gasteiger charge is -2.36. The Bertz CT molecular complexity index is 835. The molecule has 1 N–H and O–H groups in total. The Kier molecular flexibility index (Phi) is 7.84. The molecule has 0 spiro atoms. The highest BCUT2D eigenvalue weighted by atomic mass is 19.1. The van der Waals surface area contributed by atoms with E-state index in [1.807, 2.05) is 24.3 Å². The van der Waals surface area contributed by atoms with E-state index in [1.54, 1.807) is 0 Å². The van der Waals surface area contributed by atoms with Gasteiger partial charge in [0.25, 0.3) is 0 Å². The number of hydrogen-bond donors (Lipinski definition) is 1. The van der Waals surface area contributed by atoms with Crippen LogP contribution < -0.4 is 9.64 Å². The van der Waals surface area contributed by atoms with Crippen LogP contribution in [0.3, 0.4) is 0 Å². The maximum Gasteiger partial charge on any atom is 0.123 e. The molecule has 3 rings (SSSR count). The highest BCUT2D eigenvalue weighted by molar-refractivity contribution is 5.46. The lowest BCUT2D eigenvalue weighted by Crippen LogP contribution is -2.49. The Labute approximate surface area is 193 Å². The van der Waals surface area contributed by atoms with Crippen LogP contribution in [-0.2, 0) is 5.41 Å². The fraction of sp³-hybridized carbons (Fsp3) is 0.556. The summed E-state index contributed by atoms with van der Waals surface area (Å²) >= 11 is 0. The third-order valence-electron chi connectivity index (χ3n) is 6.08. The summed E-state index contributed by atoms with van der Waals surface area (Å²) in [5, 5.41) is 10.5. The Morgan fingerprint density at radius 1 is 0.906 bits per heavy atom. The van der Waals surface area contributed by atoms with Crippen molar-refractivity contribution in [3.63, 3.8) is 0 Å². The van der Waals surface area contributed by atoms with Gasteiger partial charge < -0.3 is 14.7 Å². The molecular formula is C27H39FN2O2. The Morgan fingerprint density at radius 2 is 1.50 bits per heavy atom. The average Bonchev–Trinajstić information content (AvgIpc) is 2.72. The lowest BCUT2D eigenvalue weighted by atomic mass is 9.72. The quantitative estimate of drug-likeness (QED) is 0.617. The molecule has 1 heterocycles. The molecule has 32 heavy (non-hydrogen) atoms. The van der Waals surface area contributed by atoms with Crippen molar-refractivity contribution >= 4 is 5.69 Å². The summed E-state index contributed by atoms with van der Waals surface area (Å²) in [4.78, 5) is 4.51. The lowest BCUT2D eigenvalue weighted by molar-refractivity contribution is 0.0663. The smallest absolute Gasteiger partial charge is 0.123 e. The largest absolute Gasteiger partial charge is 0.491 e. The molecule has 4 nitrogen and oxygen atoms in total. The average molecular weight is 443 g/mol. The number of rotatable bonds is 8. The third-order valence-corrected chi connectivity index (χ3v) is 6.08. The summed E-state index contributed by atoms with van der Waals surface area (Å²) in [6, 6.07) is 14.9. The molecule has 1 aliphatic heterocycles. The molecule has 1 fully saturated rings. The van der Waals surface area contributed by atoms with Crippen LogP contribution in [0.25, 0.3) is 0 Å². The van der Waals surface area contributed by atoms with Gasteiger partial charge in [0.1, 0.15) is 24.3 Å². The van der Waals surface area contributed by atoms with Crippen molar-refractivity contribution in [2.75, 3.05) is 44.2 Å². The van der Waals surface area contributed by atoms with E-state index in [-0.39, 0.29) is 23.3 Å². The zero-order valence-electron chi connectivity index (χ0n) is 20.3. The molecule has 1 atom stereocenters. The van der Waals surface area contributed by atoms with Crippen molar-refractivity contribution in [2.45, 2.75) is 52.6 Å². The number of piperazine rings is 1. The summed E-state index contributed by atoms with van der Waals surface area (Å²) < 4.78 is 19.0. The van der Waals surface area contributed by atoms with Gasteiger partial charge in [-0.1, -0.05) is 46.8 Å². The minimum atomic E-state index is -0.538. The molecule has 1 aliphatic rings. The second-order valence-electron chi connectivity index (χ2n) is 10.9. The molecule has 1 saturated heterocycles. The predicted octanol–water partition coefficient (Wildman–Crippen LogP) is 5.10. The summed E-state index contributed by atoms with van der Waals surface area (Å²) in [6.07, 6.45) is 0.567. The number of β-amino-alcohol motifs (C(OH)–C–C–N with tert-alkyl or cyclic N) is 1. The van der Waals surface area contributed by atoms with Gasteiger partial charge in [0.05, 0.1) is 0 Å². The number of hydrogen-bond acceptors (Lipinski definition) is 4. The third kappa shape index (κ3) is 7.21. The monoisotopic (exact) mass is 442 g/mol. The van der Waals surface area contributed by atoms with Crippen molar-refractivity contribution < 1.29 is 14.2 Å². The summed E-state index contributed by atoms with van der Waals surface area (Å²) in [7, 11) is 0. The molecule has 2 aromatic carbocycles. The summed E-state index contributed by atoms with van der Waals surface area (Å²) in [6.45, 7) is 15.7. The van der Waals surface area contributed by atoms with Gasteiger partial charge in [-0.2, -0.15) is 0 Å². The molecule has 1 unspecified atom stereocenters. The second kappa shape index (κ2) is 10.2. The van der Waals surface area contributed by atoms with Crippen LogP contribution in [0.2, 0.25) is 0 Å². The van der Waals surface area contributed by atoms with Gasteiger partial charge >= 0.3 is 0 Å². The highest BCUT2D eigenvalue weighted by Crippen LogP contribution is 2.36. The van der Waals surface area contributed by atoms with E-state index in [0.29, 0.717) is 6.54 Å². The molecule has 0 saturated carbocycles. The zero-order chi connectivity index (χ0) is 23.4. The van der Waals surface area contributed by atoms with Gasteiger partial charge in [-0.15, -0.1) is 0 Å².